The first kappa shape index (κ1) is 31.9. The van der Waals surface area contributed by atoms with Gasteiger partial charge >= 0.3 is 12.1 Å². The van der Waals surface area contributed by atoms with Crippen LogP contribution in [0.15, 0.2) is 43.0 Å². The lowest BCUT2D eigenvalue weighted by Gasteiger charge is -2.26. The number of rotatable bonds is 15. The van der Waals surface area contributed by atoms with Crippen LogP contribution in [0.4, 0.5) is 10.6 Å². The normalized spacial score (nSPS) is 14.5. The van der Waals surface area contributed by atoms with E-state index in [2.05, 4.69) is 20.0 Å². The van der Waals surface area contributed by atoms with Crippen molar-refractivity contribution in [1.29, 1.82) is 0 Å². The van der Waals surface area contributed by atoms with E-state index in [4.69, 9.17) is 29.2 Å². The van der Waals surface area contributed by atoms with Crippen molar-refractivity contribution < 1.29 is 37.6 Å². The Balaban J connectivity index is 1.75. The van der Waals surface area contributed by atoms with Gasteiger partial charge in [0.05, 0.1) is 31.2 Å². The summed E-state index contributed by atoms with van der Waals surface area (Å²) in [6, 6.07) is 8.11. The fourth-order valence-electron chi connectivity index (χ4n) is 3.67. The van der Waals surface area contributed by atoms with Crippen molar-refractivity contribution in [2.75, 3.05) is 18.9 Å². The van der Waals surface area contributed by atoms with E-state index in [1.807, 2.05) is 30.3 Å². The second-order valence-electron chi connectivity index (χ2n) is 9.77. The Morgan fingerprint density at radius 3 is 2.41 bits per heavy atom. The molecule has 3 atom stereocenters. The van der Waals surface area contributed by atoms with E-state index in [1.165, 1.54) is 6.33 Å². The van der Waals surface area contributed by atoms with Gasteiger partial charge in [-0.25, -0.2) is 24.8 Å². The fourth-order valence-corrected chi connectivity index (χ4v) is 5.24. The average molecular weight is 593 g/mol. The third-order valence-electron chi connectivity index (χ3n) is 5.45. The molecule has 1 aromatic carbocycles. The Morgan fingerprint density at radius 2 is 1.73 bits per heavy atom. The van der Waals surface area contributed by atoms with Crippen molar-refractivity contribution in [2.45, 2.75) is 71.9 Å². The highest BCUT2D eigenvalue weighted by molar-refractivity contribution is 7.56. The number of esters is 1. The number of carbonyl (C=O) groups excluding carboxylic acids is 2. The van der Waals surface area contributed by atoms with Gasteiger partial charge in [-0.15, -0.1) is 0 Å². The third kappa shape index (κ3) is 10.1. The zero-order valence-corrected chi connectivity index (χ0v) is 24.7. The van der Waals surface area contributed by atoms with E-state index in [0.717, 1.165) is 5.56 Å². The fraction of sp³-hybridized carbons (Fsp3) is 0.500. The van der Waals surface area contributed by atoms with Crippen LogP contribution in [-0.2, 0) is 45.8 Å². The van der Waals surface area contributed by atoms with Crippen LogP contribution < -0.4 is 10.8 Å². The van der Waals surface area contributed by atoms with Crippen LogP contribution in [0.5, 0.6) is 0 Å². The molecule has 41 heavy (non-hydrogen) atoms. The van der Waals surface area contributed by atoms with E-state index in [-0.39, 0.29) is 18.8 Å². The number of nitrogens with zero attached hydrogens (tertiary/aromatic N) is 4. The third-order valence-corrected chi connectivity index (χ3v) is 7.17. The quantitative estimate of drug-likeness (QED) is 0.148. The first-order valence-corrected chi connectivity index (χ1v) is 14.9. The topological polar surface area (TPSA) is 179 Å². The molecular weight excluding hydrogens is 555 g/mol. The molecule has 3 N–H and O–H groups in total. The van der Waals surface area contributed by atoms with Gasteiger partial charge < -0.3 is 29.2 Å². The van der Waals surface area contributed by atoms with Crippen LogP contribution in [0.3, 0.4) is 0 Å². The molecule has 0 saturated heterocycles. The van der Waals surface area contributed by atoms with Gasteiger partial charge in [0.1, 0.15) is 24.2 Å². The number of anilines is 1. The second-order valence-corrected chi connectivity index (χ2v) is 11.9. The summed E-state index contributed by atoms with van der Waals surface area (Å²) < 4.78 is 42.4. The number of nitrogens with two attached hydrogens (primary N) is 1. The Kier molecular flexibility index (Phi) is 11.6. The number of benzene rings is 1. The molecule has 0 amide bonds. The molecule has 3 aromatic rings. The molecule has 0 fully saturated rings. The van der Waals surface area contributed by atoms with Crippen LogP contribution in [0.25, 0.3) is 11.2 Å². The van der Waals surface area contributed by atoms with Crippen molar-refractivity contribution in [1.82, 2.24) is 24.6 Å². The number of hydrogen-bond acceptors (Lipinski definition) is 12. The predicted octanol–water partition coefficient (Wildman–Crippen LogP) is 3.65. The number of fused-ring (bicyclic) bond motifs is 1. The van der Waals surface area contributed by atoms with Crippen LogP contribution in [-0.4, -0.2) is 69.1 Å². The van der Waals surface area contributed by atoms with Gasteiger partial charge in [0.15, 0.2) is 11.5 Å². The molecule has 2 heterocycles. The zero-order valence-electron chi connectivity index (χ0n) is 23.8. The van der Waals surface area contributed by atoms with E-state index in [1.54, 1.807) is 45.5 Å². The molecule has 0 saturated carbocycles. The van der Waals surface area contributed by atoms with Crippen LogP contribution in [0, 0.1) is 0 Å². The summed E-state index contributed by atoms with van der Waals surface area (Å²) in [5, 5.41) is 2.80. The molecular formula is C26H37N6O8P. The van der Waals surface area contributed by atoms with E-state index in [9.17, 15) is 14.2 Å². The summed E-state index contributed by atoms with van der Waals surface area (Å²) in [5.74, 6) is -0.374. The average Bonchev–Trinajstić information content (AvgIpc) is 3.31. The highest BCUT2D eigenvalue weighted by atomic mass is 31.2. The SMILES string of the molecule is CC(C)OC(=O)OCO[P@@](=O)(CO[C@H](C)Cn1cnc2c(N)ncnc21)N[C@@H](Cc1ccccc1)C(=O)OC(C)C. The van der Waals surface area contributed by atoms with Gasteiger partial charge in [0.25, 0.3) is 7.52 Å². The molecule has 0 aliphatic carbocycles. The zero-order chi connectivity index (χ0) is 30.0. The Morgan fingerprint density at radius 1 is 1.02 bits per heavy atom. The maximum absolute atomic E-state index is 14.0. The predicted molar refractivity (Wildman–Crippen MR) is 150 cm³/mol. The Bertz CT molecular complexity index is 1340. The maximum Gasteiger partial charge on any atom is 0.510 e. The molecule has 0 bridgehead atoms. The summed E-state index contributed by atoms with van der Waals surface area (Å²) >= 11 is 0. The maximum atomic E-state index is 14.0. The molecule has 0 aliphatic heterocycles. The lowest BCUT2D eigenvalue weighted by molar-refractivity contribution is -0.149. The highest BCUT2D eigenvalue weighted by Gasteiger charge is 2.34. The summed E-state index contributed by atoms with van der Waals surface area (Å²) in [7, 11) is -3.98. The largest absolute Gasteiger partial charge is 0.510 e. The minimum absolute atomic E-state index is 0.160. The van der Waals surface area contributed by atoms with Crippen molar-refractivity contribution in [3.8, 4) is 0 Å². The number of hydrogen-bond donors (Lipinski definition) is 2. The number of ether oxygens (including phenoxy) is 4. The lowest BCUT2D eigenvalue weighted by atomic mass is 10.1. The van der Waals surface area contributed by atoms with Crippen molar-refractivity contribution >= 4 is 36.6 Å². The Hall–Kier alpha value is -3.58. The molecule has 14 nitrogen and oxygen atoms in total. The molecule has 15 heteroatoms. The number of imidazole rings is 1. The minimum Gasteiger partial charge on any atom is -0.462 e. The van der Waals surface area contributed by atoms with Crippen molar-refractivity contribution in [3.05, 3.63) is 48.5 Å². The second kappa shape index (κ2) is 14.9. The monoisotopic (exact) mass is 592 g/mol. The number of carbonyl (C=O) groups is 2. The first-order valence-electron chi connectivity index (χ1n) is 13.1. The summed E-state index contributed by atoms with van der Waals surface area (Å²) in [5.41, 5.74) is 7.63. The van der Waals surface area contributed by atoms with E-state index >= 15 is 0 Å². The summed E-state index contributed by atoms with van der Waals surface area (Å²) in [6.45, 7) is 8.08. The van der Waals surface area contributed by atoms with Crippen molar-refractivity contribution in [2.24, 2.45) is 0 Å². The van der Waals surface area contributed by atoms with E-state index < -0.39 is 57.1 Å². The van der Waals surface area contributed by atoms with Gasteiger partial charge in [-0.05, 0) is 46.6 Å². The van der Waals surface area contributed by atoms with Crippen LogP contribution in [0.1, 0.15) is 40.2 Å². The lowest BCUT2D eigenvalue weighted by Crippen LogP contribution is -2.40. The number of nitrogens with one attached hydrogen (secondary N) is 1. The van der Waals surface area contributed by atoms with Gasteiger partial charge in [0.2, 0.25) is 6.79 Å². The molecule has 0 spiro atoms. The van der Waals surface area contributed by atoms with Gasteiger partial charge in [-0.3, -0.25) is 13.9 Å². The minimum atomic E-state index is -3.98. The number of nitrogen functional groups attached to an aromatic ring is 1. The van der Waals surface area contributed by atoms with E-state index in [0.29, 0.717) is 11.2 Å². The molecule has 3 rings (SSSR count). The number of aromatic nitrogens is 4. The smallest absolute Gasteiger partial charge is 0.462 e. The summed E-state index contributed by atoms with van der Waals surface area (Å²) in [4.78, 5) is 37.2. The molecule has 0 radical (unpaired) electrons. The Labute approximate surface area is 238 Å². The van der Waals surface area contributed by atoms with Gasteiger partial charge in [-0.2, -0.15) is 0 Å². The molecule has 0 unspecified atom stereocenters. The van der Waals surface area contributed by atoms with Crippen LogP contribution >= 0.6 is 7.52 Å². The molecule has 2 aromatic heterocycles. The first-order chi connectivity index (χ1) is 19.5. The summed E-state index contributed by atoms with van der Waals surface area (Å²) in [6.07, 6.45) is 0.262. The van der Waals surface area contributed by atoms with Gasteiger partial charge in [-0.1, -0.05) is 30.3 Å². The highest BCUT2D eigenvalue weighted by Crippen LogP contribution is 2.44. The van der Waals surface area contributed by atoms with Crippen LogP contribution in [0.2, 0.25) is 0 Å². The van der Waals surface area contributed by atoms with Crippen molar-refractivity contribution in [3.63, 3.8) is 0 Å². The molecule has 224 valence electrons. The van der Waals surface area contributed by atoms with Gasteiger partial charge in [0, 0.05) is 0 Å². The standard InChI is InChI=1S/C26H37N6O8P/c1-17(2)39-25(33)21(11-20-9-7-6-8-10-20)31-41(35,38-15-36-26(34)40-18(3)4)16-37-19(5)12-32-14-30-22-23(27)28-13-29-24(22)32/h6-10,13-14,17-19,21H,11-12,15-16H2,1-5H3,(H,31,35)(H2,27,28,29)/t19-,21+,41+/m1/s1. The molecule has 0 aliphatic rings.